The number of ether oxygens (including phenoxy) is 1. The predicted molar refractivity (Wildman–Crippen MR) is 64.8 cm³/mol. The van der Waals surface area contributed by atoms with Gasteiger partial charge in [-0.15, -0.1) is 0 Å². The summed E-state index contributed by atoms with van der Waals surface area (Å²) in [5.41, 5.74) is 0. The lowest BCUT2D eigenvalue weighted by molar-refractivity contribution is 0.0882. The maximum Gasteiger partial charge on any atom is 0.320 e. The first-order chi connectivity index (χ1) is 8.69. The van der Waals surface area contributed by atoms with Gasteiger partial charge < -0.3 is 10.1 Å². The number of hydrogen-bond donors (Lipinski definition) is 2. The van der Waals surface area contributed by atoms with E-state index in [9.17, 15) is 9.18 Å². The van der Waals surface area contributed by atoms with Crippen molar-refractivity contribution < 1.29 is 13.9 Å². The molecule has 0 aromatic carbocycles. The van der Waals surface area contributed by atoms with Gasteiger partial charge in [0, 0.05) is 7.11 Å². The number of hydrogen-bond acceptors (Lipinski definition) is 3. The van der Waals surface area contributed by atoms with Crippen LogP contribution in [0.15, 0.2) is 18.3 Å². The molecule has 0 radical (unpaired) electrons. The van der Waals surface area contributed by atoms with Gasteiger partial charge in [0.25, 0.3) is 0 Å². The zero-order valence-corrected chi connectivity index (χ0v) is 10.1. The summed E-state index contributed by atoms with van der Waals surface area (Å²) in [4.78, 5) is 15.5. The zero-order chi connectivity index (χ0) is 13.0. The highest BCUT2D eigenvalue weighted by Crippen LogP contribution is 2.21. The molecule has 1 aliphatic carbocycles. The molecular formula is C12H16FN3O2. The van der Waals surface area contributed by atoms with Gasteiger partial charge in [-0.1, -0.05) is 0 Å². The Hall–Kier alpha value is -1.69. The maximum absolute atomic E-state index is 12.6. The molecule has 1 aromatic heterocycles. The van der Waals surface area contributed by atoms with Crippen LogP contribution in [0.25, 0.3) is 0 Å². The number of anilines is 1. The van der Waals surface area contributed by atoms with E-state index in [2.05, 4.69) is 15.6 Å². The Morgan fingerprint density at radius 3 is 3.00 bits per heavy atom. The van der Waals surface area contributed by atoms with E-state index in [4.69, 9.17) is 4.74 Å². The summed E-state index contributed by atoms with van der Waals surface area (Å²) in [6.07, 6.45) is 4.03. The van der Waals surface area contributed by atoms with Gasteiger partial charge in [0.15, 0.2) is 0 Å². The van der Waals surface area contributed by atoms with Gasteiger partial charge in [0.1, 0.15) is 11.6 Å². The van der Waals surface area contributed by atoms with Gasteiger partial charge in [-0.05, 0) is 31.4 Å². The Morgan fingerprint density at radius 1 is 1.50 bits per heavy atom. The number of nitrogens with one attached hydrogen (secondary N) is 2. The van der Waals surface area contributed by atoms with Crippen LogP contribution < -0.4 is 10.6 Å². The summed E-state index contributed by atoms with van der Waals surface area (Å²) in [6, 6.07) is 2.34. The van der Waals surface area contributed by atoms with E-state index in [-0.39, 0.29) is 18.2 Å². The second kappa shape index (κ2) is 5.77. The summed E-state index contributed by atoms with van der Waals surface area (Å²) in [5.74, 6) is -0.114. The maximum atomic E-state index is 12.6. The molecule has 0 aliphatic heterocycles. The SMILES string of the molecule is COC1CCCC1NC(=O)Nc1ccc(F)cn1. The van der Waals surface area contributed by atoms with Crippen LogP contribution in [0.3, 0.4) is 0 Å². The minimum atomic E-state index is -0.434. The molecule has 1 saturated carbocycles. The molecule has 1 fully saturated rings. The van der Waals surface area contributed by atoms with Crippen LogP contribution in [0.1, 0.15) is 19.3 Å². The third-order valence-electron chi connectivity index (χ3n) is 3.04. The lowest BCUT2D eigenvalue weighted by atomic mass is 10.2. The zero-order valence-electron chi connectivity index (χ0n) is 10.1. The first-order valence-electron chi connectivity index (χ1n) is 5.91. The summed E-state index contributed by atoms with van der Waals surface area (Å²) < 4.78 is 17.9. The molecule has 0 saturated heterocycles. The molecule has 2 rings (SSSR count). The van der Waals surface area contributed by atoms with Crippen molar-refractivity contribution in [3.63, 3.8) is 0 Å². The molecule has 2 N–H and O–H groups in total. The fraction of sp³-hybridized carbons (Fsp3) is 0.500. The Balaban J connectivity index is 1.86. The second-order valence-electron chi connectivity index (χ2n) is 4.27. The van der Waals surface area contributed by atoms with Gasteiger partial charge in [0.05, 0.1) is 18.3 Å². The second-order valence-corrected chi connectivity index (χ2v) is 4.27. The van der Waals surface area contributed by atoms with E-state index in [1.54, 1.807) is 7.11 Å². The van der Waals surface area contributed by atoms with E-state index in [0.717, 1.165) is 25.5 Å². The van der Waals surface area contributed by atoms with E-state index < -0.39 is 5.82 Å². The fourth-order valence-corrected chi connectivity index (χ4v) is 2.14. The number of aromatic nitrogens is 1. The van der Waals surface area contributed by atoms with Crippen LogP contribution in [0.5, 0.6) is 0 Å². The van der Waals surface area contributed by atoms with Gasteiger partial charge in [0.2, 0.25) is 0 Å². The Labute approximate surface area is 105 Å². The number of urea groups is 1. The minimum absolute atomic E-state index is 0.0236. The highest BCUT2D eigenvalue weighted by atomic mass is 19.1. The number of rotatable bonds is 3. The normalized spacial score (nSPS) is 22.8. The number of carbonyl (C=O) groups excluding carboxylic acids is 1. The largest absolute Gasteiger partial charge is 0.379 e. The van der Waals surface area contributed by atoms with Crippen molar-refractivity contribution in [3.05, 3.63) is 24.1 Å². The number of nitrogens with zero attached hydrogens (tertiary/aromatic N) is 1. The highest BCUT2D eigenvalue weighted by molar-refractivity contribution is 5.88. The molecule has 1 heterocycles. The average molecular weight is 253 g/mol. The van der Waals surface area contributed by atoms with Crippen molar-refractivity contribution in [2.75, 3.05) is 12.4 Å². The van der Waals surface area contributed by atoms with Gasteiger partial charge >= 0.3 is 6.03 Å². The number of methoxy groups -OCH3 is 1. The number of amides is 2. The van der Waals surface area contributed by atoms with E-state index in [1.807, 2.05) is 0 Å². The molecule has 5 nitrogen and oxygen atoms in total. The predicted octanol–water partition coefficient (Wildman–Crippen LogP) is 1.91. The van der Waals surface area contributed by atoms with Crippen molar-refractivity contribution in [2.24, 2.45) is 0 Å². The number of carbonyl (C=O) groups is 1. The number of pyridine rings is 1. The van der Waals surface area contributed by atoms with Crippen molar-refractivity contribution >= 4 is 11.8 Å². The number of halogens is 1. The third-order valence-corrected chi connectivity index (χ3v) is 3.04. The summed E-state index contributed by atoms with van der Waals surface area (Å²) in [7, 11) is 1.64. The monoisotopic (exact) mass is 253 g/mol. The standard InChI is InChI=1S/C12H16FN3O2/c1-18-10-4-2-3-9(10)15-12(17)16-11-6-5-8(13)7-14-11/h5-7,9-10H,2-4H2,1H3,(H2,14,15,16,17). The van der Waals surface area contributed by atoms with E-state index in [0.29, 0.717) is 5.82 Å². The molecular weight excluding hydrogens is 237 g/mol. The van der Waals surface area contributed by atoms with Crippen molar-refractivity contribution in [1.29, 1.82) is 0 Å². The summed E-state index contributed by atoms with van der Waals surface area (Å²) in [5, 5.41) is 5.39. The molecule has 2 amide bonds. The lowest BCUT2D eigenvalue weighted by Crippen LogP contribution is -2.43. The van der Waals surface area contributed by atoms with Crippen LogP contribution >= 0.6 is 0 Å². The van der Waals surface area contributed by atoms with E-state index >= 15 is 0 Å². The van der Waals surface area contributed by atoms with Crippen molar-refractivity contribution in [2.45, 2.75) is 31.4 Å². The molecule has 1 aliphatic rings. The van der Waals surface area contributed by atoms with Crippen LogP contribution in [0, 0.1) is 5.82 Å². The minimum Gasteiger partial charge on any atom is -0.379 e. The molecule has 6 heteroatoms. The highest BCUT2D eigenvalue weighted by Gasteiger charge is 2.28. The smallest absolute Gasteiger partial charge is 0.320 e. The molecule has 0 bridgehead atoms. The Kier molecular flexibility index (Phi) is 4.09. The van der Waals surface area contributed by atoms with Crippen LogP contribution in [0.2, 0.25) is 0 Å². The van der Waals surface area contributed by atoms with Gasteiger partial charge in [-0.3, -0.25) is 5.32 Å². The fourth-order valence-electron chi connectivity index (χ4n) is 2.14. The molecule has 98 valence electrons. The molecule has 18 heavy (non-hydrogen) atoms. The van der Waals surface area contributed by atoms with Crippen LogP contribution in [-0.4, -0.2) is 30.3 Å². The summed E-state index contributed by atoms with van der Waals surface area (Å²) >= 11 is 0. The quantitative estimate of drug-likeness (QED) is 0.865. The lowest BCUT2D eigenvalue weighted by Gasteiger charge is -2.19. The Morgan fingerprint density at radius 2 is 2.33 bits per heavy atom. The first kappa shape index (κ1) is 12.8. The van der Waals surface area contributed by atoms with Gasteiger partial charge in [-0.2, -0.15) is 0 Å². The molecule has 2 atom stereocenters. The Bertz CT molecular complexity index is 410. The average Bonchev–Trinajstić information content (AvgIpc) is 2.79. The van der Waals surface area contributed by atoms with Crippen LogP contribution in [0.4, 0.5) is 15.0 Å². The van der Waals surface area contributed by atoms with Crippen molar-refractivity contribution in [1.82, 2.24) is 10.3 Å². The summed E-state index contributed by atoms with van der Waals surface area (Å²) in [6.45, 7) is 0. The molecule has 1 aromatic rings. The molecule has 0 spiro atoms. The van der Waals surface area contributed by atoms with Crippen molar-refractivity contribution in [3.8, 4) is 0 Å². The van der Waals surface area contributed by atoms with Gasteiger partial charge in [-0.25, -0.2) is 14.2 Å². The molecule has 2 unspecified atom stereocenters. The first-order valence-corrected chi connectivity index (χ1v) is 5.91. The van der Waals surface area contributed by atoms with Crippen LogP contribution in [-0.2, 0) is 4.74 Å². The third kappa shape index (κ3) is 3.16. The topological polar surface area (TPSA) is 63.2 Å². The van der Waals surface area contributed by atoms with E-state index in [1.165, 1.54) is 12.1 Å².